The first-order valence-corrected chi connectivity index (χ1v) is 9.20. The van der Waals surface area contributed by atoms with Gasteiger partial charge >= 0.3 is 0 Å². The number of hydrogen-bond donors (Lipinski definition) is 2. The molecular formula is C19H17BrN6O2. The number of fused-ring (bicyclic) bond motifs is 2. The highest BCUT2D eigenvalue weighted by molar-refractivity contribution is 9.10. The highest BCUT2D eigenvalue weighted by atomic mass is 79.9. The van der Waals surface area contributed by atoms with Gasteiger partial charge in [-0.15, -0.1) is 0 Å². The van der Waals surface area contributed by atoms with Crippen LogP contribution in [0.1, 0.15) is 21.5 Å². The molecule has 0 bridgehead atoms. The lowest BCUT2D eigenvalue weighted by atomic mass is 10.1. The molecule has 0 unspecified atom stereocenters. The molecule has 28 heavy (non-hydrogen) atoms. The van der Waals surface area contributed by atoms with E-state index in [1.807, 2.05) is 26.0 Å². The Bertz CT molecular complexity index is 1280. The van der Waals surface area contributed by atoms with E-state index in [4.69, 9.17) is 16.2 Å². The van der Waals surface area contributed by atoms with Gasteiger partial charge in [0.05, 0.1) is 12.8 Å². The fourth-order valence-corrected chi connectivity index (χ4v) is 3.76. The molecule has 9 heteroatoms. The third-order valence-corrected chi connectivity index (χ3v) is 5.12. The molecule has 142 valence electrons. The van der Waals surface area contributed by atoms with Gasteiger partial charge in [-0.05, 0) is 47.5 Å². The molecule has 1 aromatic carbocycles. The smallest absolute Gasteiger partial charge is 0.254 e. The number of benzene rings is 1. The fraction of sp³-hybridized carbons (Fsp3) is 0.158. The highest BCUT2D eigenvalue weighted by Gasteiger charge is 2.25. The molecule has 0 saturated heterocycles. The van der Waals surface area contributed by atoms with Crippen LogP contribution in [0.5, 0.6) is 5.75 Å². The van der Waals surface area contributed by atoms with Crippen LogP contribution in [0.4, 0.5) is 5.82 Å². The summed E-state index contributed by atoms with van der Waals surface area (Å²) in [6.45, 7) is 3.86. The molecule has 0 spiro atoms. The van der Waals surface area contributed by atoms with Crippen molar-refractivity contribution in [2.75, 3.05) is 12.8 Å². The molecule has 0 aliphatic heterocycles. The summed E-state index contributed by atoms with van der Waals surface area (Å²) in [5.74, 6) is 0.200. The summed E-state index contributed by atoms with van der Waals surface area (Å²) in [7, 11) is 1.60. The van der Waals surface area contributed by atoms with E-state index in [-0.39, 0.29) is 11.4 Å². The van der Waals surface area contributed by atoms with E-state index < -0.39 is 5.91 Å². The third kappa shape index (κ3) is 2.58. The maximum Gasteiger partial charge on any atom is 0.254 e. The van der Waals surface area contributed by atoms with Gasteiger partial charge in [0.15, 0.2) is 11.3 Å². The van der Waals surface area contributed by atoms with E-state index in [9.17, 15) is 4.79 Å². The number of aryl methyl sites for hydroxylation is 1. The normalized spacial score (nSPS) is 11.3. The minimum Gasteiger partial charge on any atom is -0.496 e. The summed E-state index contributed by atoms with van der Waals surface area (Å²) >= 11 is 3.37. The van der Waals surface area contributed by atoms with Gasteiger partial charge in [0, 0.05) is 16.2 Å². The lowest BCUT2D eigenvalue weighted by molar-refractivity contribution is 0.100. The van der Waals surface area contributed by atoms with Gasteiger partial charge in [0.2, 0.25) is 0 Å². The van der Waals surface area contributed by atoms with E-state index in [1.54, 1.807) is 23.9 Å². The zero-order valence-electron chi connectivity index (χ0n) is 15.4. The number of nitrogens with two attached hydrogens (primary N) is 2. The molecule has 4 N–H and O–H groups in total. The monoisotopic (exact) mass is 440 g/mol. The topological polar surface area (TPSA) is 122 Å². The number of carbonyl (C=O) groups is 1. The predicted octanol–water partition coefficient (Wildman–Crippen LogP) is 3.04. The standard InChI is InChI=1S/C19H17BrN6O2/c1-8-4-5-12(28-3)9(2)15(8)26-16(21)13(17(22)27)14-19(26)25-18-11(24-14)6-10(20)7-23-18/h4-7H,21H2,1-3H3,(H2,22,27). The van der Waals surface area contributed by atoms with Crippen LogP contribution in [0.3, 0.4) is 0 Å². The number of aromatic nitrogens is 4. The number of methoxy groups -OCH3 is 1. The van der Waals surface area contributed by atoms with Gasteiger partial charge in [-0.3, -0.25) is 9.36 Å². The van der Waals surface area contributed by atoms with Crippen LogP contribution >= 0.6 is 15.9 Å². The van der Waals surface area contributed by atoms with Gasteiger partial charge in [0.25, 0.3) is 5.91 Å². The summed E-state index contributed by atoms with van der Waals surface area (Å²) in [4.78, 5) is 25.7. The van der Waals surface area contributed by atoms with E-state index in [0.29, 0.717) is 28.1 Å². The van der Waals surface area contributed by atoms with Gasteiger partial charge in [-0.2, -0.15) is 0 Å². The molecule has 0 saturated carbocycles. The number of anilines is 1. The molecule has 8 nitrogen and oxygen atoms in total. The van der Waals surface area contributed by atoms with Crippen LogP contribution in [0.2, 0.25) is 0 Å². The Morgan fingerprint density at radius 2 is 2.00 bits per heavy atom. The molecule has 0 fully saturated rings. The quantitative estimate of drug-likeness (QED) is 0.504. The summed E-state index contributed by atoms with van der Waals surface area (Å²) in [6.07, 6.45) is 1.64. The summed E-state index contributed by atoms with van der Waals surface area (Å²) in [5, 5.41) is 0. The van der Waals surface area contributed by atoms with Crippen molar-refractivity contribution in [3.63, 3.8) is 0 Å². The number of primary amides is 1. The largest absolute Gasteiger partial charge is 0.496 e. The number of amides is 1. The second kappa shape index (κ2) is 6.45. The van der Waals surface area contributed by atoms with Crippen molar-refractivity contribution in [1.82, 2.24) is 19.5 Å². The first-order valence-electron chi connectivity index (χ1n) is 8.41. The Labute approximate surface area is 168 Å². The Morgan fingerprint density at radius 1 is 1.25 bits per heavy atom. The molecule has 0 aliphatic rings. The SMILES string of the molecule is COc1ccc(C)c(-n2c(N)c(C(N)=O)c3nc4cc(Br)cnc4nc32)c1C. The van der Waals surface area contributed by atoms with E-state index in [2.05, 4.69) is 30.9 Å². The number of hydrogen-bond acceptors (Lipinski definition) is 6. The molecule has 0 atom stereocenters. The van der Waals surface area contributed by atoms with Crippen molar-refractivity contribution < 1.29 is 9.53 Å². The molecule has 0 radical (unpaired) electrons. The molecule has 3 heterocycles. The van der Waals surface area contributed by atoms with Crippen LogP contribution in [0.25, 0.3) is 28.0 Å². The molecule has 0 aliphatic carbocycles. The van der Waals surface area contributed by atoms with E-state index in [1.165, 1.54) is 0 Å². The molecule has 3 aromatic heterocycles. The minimum atomic E-state index is -0.670. The van der Waals surface area contributed by atoms with Crippen LogP contribution < -0.4 is 16.2 Å². The number of pyridine rings is 1. The van der Waals surface area contributed by atoms with Crippen molar-refractivity contribution >= 4 is 50.0 Å². The third-order valence-electron chi connectivity index (χ3n) is 4.69. The maximum atomic E-state index is 12.2. The van der Waals surface area contributed by atoms with Crippen LogP contribution in [0, 0.1) is 13.8 Å². The van der Waals surface area contributed by atoms with Crippen LogP contribution in [-0.4, -0.2) is 32.5 Å². The van der Waals surface area contributed by atoms with Gasteiger partial charge < -0.3 is 16.2 Å². The Hall–Kier alpha value is -3.20. The van der Waals surface area contributed by atoms with Crippen LogP contribution in [-0.2, 0) is 0 Å². The predicted molar refractivity (Wildman–Crippen MR) is 111 cm³/mol. The summed E-state index contributed by atoms with van der Waals surface area (Å²) < 4.78 is 7.90. The minimum absolute atomic E-state index is 0.131. The lowest BCUT2D eigenvalue weighted by Crippen LogP contribution is -2.14. The van der Waals surface area contributed by atoms with Gasteiger partial charge in [-0.25, -0.2) is 15.0 Å². The first kappa shape index (κ1) is 18.2. The Balaban J connectivity index is 2.20. The molecule has 4 aromatic rings. The molecular weight excluding hydrogens is 424 g/mol. The van der Waals surface area contributed by atoms with Crippen molar-refractivity contribution in [3.8, 4) is 11.4 Å². The second-order valence-corrected chi connectivity index (χ2v) is 7.33. The molecule has 1 amide bonds. The number of carbonyl (C=O) groups excluding carboxylic acids is 1. The van der Waals surface area contributed by atoms with Crippen LogP contribution in [0.15, 0.2) is 28.9 Å². The first-order chi connectivity index (χ1) is 13.3. The van der Waals surface area contributed by atoms with Crippen molar-refractivity contribution in [3.05, 3.63) is 45.6 Å². The maximum absolute atomic E-state index is 12.2. The number of ether oxygens (including phenoxy) is 1. The Kier molecular flexibility index (Phi) is 4.19. The van der Waals surface area contributed by atoms with E-state index >= 15 is 0 Å². The highest BCUT2D eigenvalue weighted by Crippen LogP contribution is 2.35. The fourth-order valence-electron chi connectivity index (χ4n) is 3.44. The zero-order valence-corrected chi connectivity index (χ0v) is 17.0. The number of rotatable bonds is 3. The van der Waals surface area contributed by atoms with Crippen molar-refractivity contribution in [1.29, 1.82) is 0 Å². The van der Waals surface area contributed by atoms with Gasteiger partial charge in [-0.1, -0.05) is 6.07 Å². The number of halogens is 1. The summed E-state index contributed by atoms with van der Waals surface area (Å²) in [5.41, 5.74) is 16.4. The Morgan fingerprint density at radius 3 is 2.68 bits per heavy atom. The summed E-state index contributed by atoms with van der Waals surface area (Å²) in [6, 6.07) is 5.57. The zero-order chi connectivity index (χ0) is 20.2. The molecule has 4 rings (SSSR count). The van der Waals surface area contributed by atoms with Gasteiger partial charge in [0.1, 0.15) is 28.2 Å². The van der Waals surface area contributed by atoms with Crippen molar-refractivity contribution in [2.45, 2.75) is 13.8 Å². The van der Waals surface area contributed by atoms with E-state index in [0.717, 1.165) is 21.3 Å². The average molecular weight is 441 g/mol. The lowest BCUT2D eigenvalue weighted by Gasteiger charge is -2.16. The average Bonchev–Trinajstić information content (AvgIpc) is 2.91. The van der Waals surface area contributed by atoms with Crippen molar-refractivity contribution in [2.24, 2.45) is 5.73 Å². The number of nitrogens with zero attached hydrogens (tertiary/aromatic N) is 4. The number of nitrogen functional groups attached to an aromatic ring is 1. The second-order valence-electron chi connectivity index (χ2n) is 6.41.